The number of ketones is 1. The Morgan fingerprint density at radius 3 is 2.19 bits per heavy atom. The maximum atomic E-state index is 13.4. The highest BCUT2D eigenvalue weighted by Crippen LogP contribution is 2.53. The second-order valence-electron chi connectivity index (χ2n) is 8.48. The molecule has 3 aromatic carbocycles. The van der Waals surface area contributed by atoms with Gasteiger partial charge in [0.2, 0.25) is 5.78 Å². The first-order valence-corrected chi connectivity index (χ1v) is 11.1. The van der Waals surface area contributed by atoms with Crippen molar-refractivity contribution in [3.05, 3.63) is 94.5 Å². The van der Waals surface area contributed by atoms with E-state index in [-0.39, 0.29) is 16.9 Å². The highest BCUT2D eigenvalue weighted by Gasteiger charge is 2.42. The van der Waals surface area contributed by atoms with Gasteiger partial charge in [0.1, 0.15) is 0 Å². The predicted molar refractivity (Wildman–Crippen MR) is 126 cm³/mol. The van der Waals surface area contributed by atoms with Crippen LogP contribution in [0.15, 0.2) is 71.9 Å². The summed E-state index contributed by atoms with van der Waals surface area (Å²) in [4.78, 5) is 13.4. The summed E-state index contributed by atoms with van der Waals surface area (Å²) in [6.45, 7) is 6.37. The van der Waals surface area contributed by atoms with E-state index < -0.39 is 0 Å². The number of nitrogens with zero attached hydrogens (tertiary/aromatic N) is 1. The van der Waals surface area contributed by atoms with Gasteiger partial charge in [-0.3, -0.25) is 4.79 Å². The molecular formula is C28H29NO2. The molecule has 0 fully saturated rings. The zero-order valence-corrected chi connectivity index (χ0v) is 18.5. The van der Waals surface area contributed by atoms with Gasteiger partial charge in [-0.25, -0.2) is 0 Å². The van der Waals surface area contributed by atoms with Gasteiger partial charge < -0.3 is 5.21 Å². The van der Waals surface area contributed by atoms with Crippen LogP contribution in [0.25, 0.3) is 11.1 Å². The summed E-state index contributed by atoms with van der Waals surface area (Å²) in [5, 5.41) is 13.1. The van der Waals surface area contributed by atoms with Crippen LogP contribution < -0.4 is 0 Å². The van der Waals surface area contributed by atoms with Gasteiger partial charge in [-0.15, -0.1) is 0 Å². The van der Waals surface area contributed by atoms with Gasteiger partial charge in [-0.05, 0) is 53.6 Å². The van der Waals surface area contributed by atoms with Crippen molar-refractivity contribution >= 4 is 11.5 Å². The summed E-state index contributed by atoms with van der Waals surface area (Å²) >= 11 is 0. The summed E-state index contributed by atoms with van der Waals surface area (Å²) in [7, 11) is 0. The number of hydrogen-bond donors (Lipinski definition) is 1. The smallest absolute Gasteiger partial charge is 0.215 e. The molecule has 31 heavy (non-hydrogen) atoms. The summed E-state index contributed by atoms with van der Waals surface area (Å²) in [5.41, 5.74) is 7.23. The van der Waals surface area contributed by atoms with Crippen LogP contribution in [-0.2, 0) is 5.41 Å². The topological polar surface area (TPSA) is 49.7 Å². The Morgan fingerprint density at radius 1 is 0.871 bits per heavy atom. The fraction of sp³-hybridized carbons (Fsp3) is 0.286. The molecule has 0 amide bonds. The number of Topliss-reactive ketones (excluding diaryl/α,β-unsaturated/α-hetero) is 1. The van der Waals surface area contributed by atoms with Crippen molar-refractivity contribution in [3.8, 4) is 11.1 Å². The molecule has 158 valence electrons. The molecule has 0 aromatic heterocycles. The number of hydrogen-bond acceptors (Lipinski definition) is 3. The van der Waals surface area contributed by atoms with Crippen molar-refractivity contribution < 1.29 is 10.0 Å². The number of aryl methyl sites for hydroxylation is 1. The Labute approximate surface area is 184 Å². The third-order valence-electron chi connectivity index (χ3n) is 6.60. The largest absolute Gasteiger partial charge is 0.410 e. The van der Waals surface area contributed by atoms with Crippen molar-refractivity contribution in [3.63, 3.8) is 0 Å². The number of carbonyl (C=O) groups excluding carboxylic acids is 1. The number of rotatable bonds is 7. The van der Waals surface area contributed by atoms with Crippen LogP contribution in [-0.4, -0.2) is 16.7 Å². The molecule has 0 heterocycles. The molecule has 3 aromatic rings. The minimum Gasteiger partial charge on any atom is -0.410 e. The van der Waals surface area contributed by atoms with Crippen LogP contribution >= 0.6 is 0 Å². The van der Waals surface area contributed by atoms with E-state index in [1.54, 1.807) is 0 Å². The normalized spacial score (nSPS) is 14.2. The second-order valence-corrected chi connectivity index (χ2v) is 8.48. The average molecular weight is 412 g/mol. The van der Waals surface area contributed by atoms with Gasteiger partial charge in [-0.1, -0.05) is 92.5 Å². The maximum absolute atomic E-state index is 13.4. The van der Waals surface area contributed by atoms with Crippen molar-refractivity contribution in [1.29, 1.82) is 0 Å². The zero-order chi connectivity index (χ0) is 22.0. The van der Waals surface area contributed by atoms with Gasteiger partial charge in [0.25, 0.3) is 0 Å². The standard InChI is InChI=1S/C28H29NO2/c1-4-16-28(17-5-2)24-13-9-8-12-22(24)23-15-14-20(18-25(23)28)27(30)26(29-31)21-11-7-6-10-19(21)3/h6-15,18,31H,4-5,16-17H2,1-3H3/b29-26+. The van der Waals surface area contributed by atoms with Crippen LogP contribution in [0.3, 0.4) is 0 Å². The van der Waals surface area contributed by atoms with Crippen LogP contribution in [0.4, 0.5) is 0 Å². The minimum atomic E-state index is -0.252. The highest BCUT2D eigenvalue weighted by atomic mass is 16.4. The van der Waals surface area contributed by atoms with Gasteiger partial charge in [-0.2, -0.15) is 0 Å². The number of oxime groups is 1. The molecule has 0 saturated heterocycles. The van der Waals surface area contributed by atoms with E-state index in [1.165, 1.54) is 22.3 Å². The van der Waals surface area contributed by atoms with Crippen LogP contribution in [0, 0.1) is 6.92 Å². The summed E-state index contributed by atoms with van der Waals surface area (Å²) in [6, 6.07) is 22.1. The number of benzene rings is 3. The lowest BCUT2D eigenvalue weighted by atomic mass is 9.71. The fourth-order valence-corrected chi connectivity index (χ4v) is 5.31. The van der Waals surface area contributed by atoms with E-state index in [2.05, 4.69) is 49.3 Å². The molecule has 0 radical (unpaired) electrons. The first-order valence-electron chi connectivity index (χ1n) is 11.1. The molecule has 0 unspecified atom stereocenters. The SMILES string of the molecule is CCCC1(CCC)c2ccccc2-c2ccc(C(=O)/C(=N/O)c3ccccc3C)cc21. The van der Waals surface area contributed by atoms with Crippen LogP contribution in [0.2, 0.25) is 0 Å². The lowest BCUT2D eigenvalue weighted by molar-refractivity contribution is 0.106. The third-order valence-corrected chi connectivity index (χ3v) is 6.60. The second kappa shape index (κ2) is 8.50. The molecule has 4 rings (SSSR count). The van der Waals surface area contributed by atoms with Gasteiger partial charge in [0, 0.05) is 16.5 Å². The van der Waals surface area contributed by atoms with E-state index >= 15 is 0 Å². The molecule has 0 aliphatic heterocycles. The minimum absolute atomic E-state index is 0.0785. The summed E-state index contributed by atoms with van der Waals surface area (Å²) < 4.78 is 0. The van der Waals surface area contributed by atoms with Crippen LogP contribution in [0.1, 0.15) is 72.1 Å². The third kappa shape index (κ3) is 3.38. The molecule has 1 aliphatic rings. The van der Waals surface area contributed by atoms with E-state index in [0.717, 1.165) is 31.2 Å². The lowest BCUT2D eigenvalue weighted by Gasteiger charge is -2.32. The highest BCUT2D eigenvalue weighted by molar-refractivity contribution is 6.51. The molecule has 0 saturated carbocycles. The van der Waals surface area contributed by atoms with Crippen molar-refractivity contribution in [1.82, 2.24) is 0 Å². The molecule has 0 spiro atoms. The Kier molecular flexibility index (Phi) is 5.77. The van der Waals surface area contributed by atoms with Gasteiger partial charge >= 0.3 is 0 Å². The Hall–Kier alpha value is -3.20. The Balaban J connectivity index is 1.86. The van der Waals surface area contributed by atoms with Gasteiger partial charge in [0.15, 0.2) is 5.71 Å². The average Bonchev–Trinajstić information content (AvgIpc) is 3.05. The molecule has 3 heteroatoms. The first-order chi connectivity index (χ1) is 15.1. The molecule has 0 bridgehead atoms. The van der Waals surface area contributed by atoms with E-state index in [9.17, 15) is 10.0 Å². The van der Waals surface area contributed by atoms with E-state index in [0.29, 0.717) is 11.1 Å². The monoisotopic (exact) mass is 411 g/mol. The summed E-state index contributed by atoms with van der Waals surface area (Å²) in [6.07, 6.45) is 4.22. The molecule has 1 aliphatic carbocycles. The quantitative estimate of drug-likeness (QED) is 0.198. The van der Waals surface area contributed by atoms with Gasteiger partial charge in [0.05, 0.1) is 0 Å². The van der Waals surface area contributed by atoms with Crippen molar-refractivity contribution in [2.24, 2.45) is 5.16 Å². The summed E-state index contributed by atoms with van der Waals surface area (Å²) in [5.74, 6) is -0.252. The maximum Gasteiger partial charge on any atom is 0.215 e. The lowest BCUT2D eigenvalue weighted by Crippen LogP contribution is -2.25. The molecule has 1 N–H and O–H groups in total. The Bertz CT molecular complexity index is 1150. The van der Waals surface area contributed by atoms with Crippen LogP contribution in [0.5, 0.6) is 0 Å². The van der Waals surface area contributed by atoms with E-state index in [4.69, 9.17) is 0 Å². The predicted octanol–water partition coefficient (Wildman–Crippen LogP) is 6.92. The molecular weight excluding hydrogens is 382 g/mol. The molecule has 0 atom stereocenters. The van der Waals surface area contributed by atoms with Crippen molar-refractivity contribution in [2.45, 2.75) is 51.9 Å². The fourth-order valence-electron chi connectivity index (χ4n) is 5.31. The zero-order valence-electron chi connectivity index (χ0n) is 18.5. The van der Waals surface area contributed by atoms with E-state index in [1.807, 2.05) is 43.3 Å². The van der Waals surface area contributed by atoms with Crippen molar-refractivity contribution in [2.75, 3.05) is 0 Å². The number of carbonyl (C=O) groups is 1. The molecule has 3 nitrogen and oxygen atoms in total. The first kappa shape index (κ1) is 21.0. The number of fused-ring (bicyclic) bond motifs is 3. The Morgan fingerprint density at radius 2 is 1.52 bits per heavy atom.